The summed E-state index contributed by atoms with van der Waals surface area (Å²) in [6.45, 7) is 8.62. The predicted octanol–water partition coefficient (Wildman–Crippen LogP) is 8.14. The third kappa shape index (κ3) is 7.12. The number of aliphatic hydroxyl groups is 1. The van der Waals surface area contributed by atoms with E-state index in [2.05, 4.69) is 64.1 Å². The normalized spacial score (nSPS) is 15.0. The van der Waals surface area contributed by atoms with Gasteiger partial charge in [0, 0.05) is 6.42 Å². The minimum absolute atomic E-state index is 0.304. The Morgan fingerprint density at radius 2 is 1.64 bits per heavy atom. The molecule has 0 bridgehead atoms. The number of aryl methyl sites for hydroxylation is 2. The van der Waals surface area contributed by atoms with Crippen LogP contribution >= 0.6 is 0 Å². The van der Waals surface area contributed by atoms with Gasteiger partial charge in [-0.2, -0.15) is 0 Å². The van der Waals surface area contributed by atoms with Gasteiger partial charge in [-0.25, -0.2) is 0 Å². The van der Waals surface area contributed by atoms with Crippen LogP contribution in [0.2, 0.25) is 0 Å². The molecule has 1 aliphatic rings. The maximum Gasteiger partial charge on any atom is 0.115 e. The van der Waals surface area contributed by atoms with Crippen molar-refractivity contribution in [1.29, 1.82) is 0 Å². The maximum absolute atomic E-state index is 9.58. The van der Waals surface area contributed by atoms with Crippen LogP contribution in [0.5, 0.6) is 5.75 Å². The molecular weight excluding hydrogens is 404 g/mol. The number of aliphatic hydroxyl groups excluding tert-OH is 1. The molecule has 0 spiro atoms. The average Bonchev–Trinajstić information content (AvgIpc) is 2.79. The molecule has 0 unspecified atom stereocenters. The van der Waals surface area contributed by atoms with Crippen LogP contribution < -0.4 is 0 Å². The summed E-state index contributed by atoms with van der Waals surface area (Å²) in [6.07, 6.45) is 17.0. The number of aromatic hydroxyl groups is 1. The molecule has 2 nitrogen and oxygen atoms in total. The summed E-state index contributed by atoms with van der Waals surface area (Å²) in [4.78, 5) is 0. The van der Waals surface area contributed by atoms with Crippen molar-refractivity contribution in [2.24, 2.45) is 0 Å². The summed E-state index contributed by atoms with van der Waals surface area (Å²) in [5, 5.41) is 19.2. The van der Waals surface area contributed by atoms with Crippen LogP contribution in [-0.4, -0.2) is 10.2 Å². The minimum atomic E-state index is 0.304. The molecule has 172 valence electrons. The van der Waals surface area contributed by atoms with Crippen LogP contribution in [0.3, 0.4) is 0 Å². The monoisotopic (exact) mass is 440 g/mol. The van der Waals surface area contributed by atoms with Gasteiger partial charge < -0.3 is 10.2 Å². The van der Waals surface area contributed by atoms with E-state index in [0.29, 0.717) is 11.5 Å². The van der Waals surface area contributed by atoms with Crippen LogP contribution in [0.25, 0.3) is 0 Å². The van der Waals surface area contributed by atoms with Gasteiger partial charge in [0.05, 0.1) is 5.76 Å². The lowest BCUT2D eigenvalue weighted by atomic mass is 9.90. The first kappa shape index (κ1) is 24.4. The molecular formula is C31H36O2. The second kappa shape index (κ2) is 11.6. The van der Waals surface area contributed by atoms with Gasteiger partial charge in [0.15, 0.2) is 0 Å². The molecule has 33 heavy (non-hydrogen) atoms. The van der Waals surface area contributed by atoms with Crippen LogP contribution in [0.4, 0.5) is 0 Å². The molecule has 0 saturated carbocycles. The van der Waals surface area contributed by atoms with E-state index in [4.69, 9.17) is 0 Å². The predicted molar refractivity (Wildman–Crippen MR) is 140 cm³/mol. The molecule has 0 radical (unpaired) electrons. The van der Waals surface area contributed by atoms with Gasteiger partial charge in [-0.1, -0.05) is 60.2 Å². The van der Waals surface area contributed by atoms with E-state index in [0.717, 1.165) is 32.1 Å². The van der Waals surface area contributed by atoms with Gasteiger partial charge >= 0.3 is 0 Å². The number of hydrogen-bond donors (Lipinski definition) is 2. The van der Waals surface area contributed by atoms with Crippen LogP contribution in [0.15, 0.2) is 95.3 Å². The van der Waals surface area contributed by atoms with Crippen molar-refractivity contribution in [3.63, 3.8) is 0 Å². The fourth-order valence-corrected chi connectivity index (χ4v) is 4.25. The van der Waals surface area contributed by atoms with Gasteiger partial charge in [-0.05, 0) is 111 Å². The topological polar surface area (TPSA) is 40.5 Å². The van der Waals surface area contributed by atoms with Gasteiger partial charge in [-0.3, -0.25) is 0 Å². The molecule has 2 N–H and O–H groups in total. The second-order valence-corrected chi connectivity index (χ2v) is 9.02. The molecule has 0 aliphatic heterocycles. The van der Waals surface area contributed by atoms with E-state index in [9.17, 15) is 10.2 Å². The SMILES string of the molecule is C/C=C/C(C)=C(\C=C\CC1=CC=C(O)CC1)Cc1cc(Cc2ccc(O)cc2)c(C)cc1C. The van der Waals surface area contributed by atoms with E-state index >= 15 is 0 Å². The molecule has 3 rings (SSSR count). The largest absolute Gasteiger partial charge is 0.512 e. The second-order valence-electron chi connectivity index (χ2n) is 9.02. The van der Waals surface area contributed by atoms with E-state index in [1.54, 1.807) is 12.1 Å². The molecule has 0 atom stereocenters. The lowest BCUT2D eigenvalue weighted by Gasteiger charge is -2.15. The molecule has 0 heterocycles. The Hall–Kier alpha value is -3.26. The molecule has 0 amide bonds. The summed E-state index contributed by atoms with van der Waals surface area (Å²) in [5.74, 6) is 0.781. The van der Waals surface area contributed by atoms with Gasteiger partial charge in [0.25, 0.3) is 0 Å². The summed E-state index contributed by atoms with van der Waals surface area (Å²) >= 11 is 0. The average molecular weight is 441 g/mol. The fraction of sp³-hybridized carbons (Fsp3) is 0.290. The third-order valence-electron chi connectivity index (χ3n) is 6.34. The Morgan fingerprint density at radius 3 is 2.30 bits per heavy atom. The van der Waals surface area contributed by atoms with E-state index in [1.165, 1.54) is 44.5 Å². The Kier molecular flexibility index (Phi) is 8.54. The molecule has 1 aliphatic carbocycles. The molecule has 0 aromatic heterocycles. The van der Waals surface area contributed by atoms with Crippen molar-refractivity contribution in [1.82, 2.24) is 0 Å². The lowest BCUT2D eigenvalue weighted by molar-refractivity contribution is 0.385. The summed E-state index contributed by atoms with van der Waals surface area (Å²) < 4.78 is 0. The van der Waals surface area contributed by atoms with E-state index in [1.807, 2.05) is 24.3 Å². The summed E-state index contributed by atoms with van der Waals surface area (Å²) in [6, 6.07) is 12.1. The number of allylic oxidation sites excluding steroid dienone is 10. The molecule has 0 saturated heterocycles. The number of phenolic OH excluding ortho intramolecular Hbond substituents is 1. The lowest BCUT2D eigenvalue weighted by Crippen LogP contribution is -2.00. The minimum Gasteiger partial charge on any atom is -0.512 e. The van der Waals surface area contributed by atoms with Crippen molar-refractivity contribution >= 4 is 0 Å². The highest BCUT2D eigenvalue weighted by Gasteiger charge is 2.09. The number of phenols is 1. The zero-order valence-electron chi connectivity index (χ0n) is 20.4. The molecule has 2 aromatic carbocycles. The molecule has 2 heteroatoms. The quantitative estimate of drug-likeness (QED) is 0.407. The molecule has 0 fully saturated rings. The summed E-state index contributed by atoms with van der Waals surface area (Å²) in [7, 11) is 0. The number of benzene rings is 2. The summed E-state index contributed by atoms with van der Waals surface area (Å²) in [5.41, 5.74) is 10.5. The van der Waals surface area contributed by atoms with Crippen LogP contribution in [-0.2, 0) is 12.8 Å². The smallest absolute Gasteiger partial charge is 0.115 e. The van der Waals surface area contributed by atoms with Crippen LogP contribution in [0, 0.1) is 13.8 Å². The Bertz CT molecular complexity index is 1120. The fourth-order valence-electron chi connectivity index (χ4n) is 4.25. The van der Waals surface area contributed by atoms with Crippen LogP contribution in [0.1, 0.15) is 60.9 Å². The molecule has 2 aromatic rings. The Balaban J connectivity index is 1.83. The third-order valence-corrected chi connectivity index (χ3v) is 6.34. The standard InChI is InChI=1S/C31H36O2/c1-5-7-22(2)27(9-6-8-25-10-14-30(32)15-11-25)20-29-21-28(23(3)18-24(29)4)19-26-12-16-31(33)17-13-26/h5-7,9-10,12-14,16-18,21,32-33H,8,11,15,19-20H2,1-4H3/b7-5+,9-6+,27-22+. The van der Waals surface area contributed by atoms with Crippen molar-refractivity contribution in [3.05, 3.63) is 123 Å². The first-order valence-corrected chi connectivity index (χ1v) is 11.8. The number of hydrogen-bond acceptors (Lipinski definition) is 2. The van der Waals surface area contributed by atoms with Crippen molar-refractivity contribution < 1.29 is 10.2 Å². The Morgan fingerprint density at radius 1 is 0.909 bits per heavy atom. The highest BCUT2D eigenvalue weighted by atomic mass is 16.3. The van der Waals surface area contributed by atoms with Gasteiger partial charge in [0.1, 0.15) is 5.75 Å². The first-order valence-electron chi connectivity index (χ1n) is 11.8. The zero-order chi connectivity index (χ0) is 23.8. The maximum atomic E-state index is 9.58. The van der Waals surface area contributed by atoms with Gasteiger partial charge in [-0.15, -0.1) is 0 Å². The van der Waals surface area contributed by atoms with E-state index in [-0.39, 0.29) is 0 Å². The highest BCUT2D eigenvalue weighted by molar-refractivity contribution is 5.45. The van der Waals surface area contributed by atoms with Crippen molar-refractivity contribution in [2.75, 3.05) is 0 Å². The van der Waals surface area contributed by atoms with Crippen molar-refractivity contribution in [2.45, 2.75) is 59.8 Å². The number of rotatable bonds is 8. The first-order chi connectivity index (χ1) is 15.9. The highest BCUT2D eigenvalue weighted by Crippen LogP contribution is 2.25. The zero-order valence-corrected chi connectivity index (χ0v) is 20.4. The van der Waals surface area contributed by atoms with Crippen molar-refractivity contribution in [3.8, 4) is 5.75 Å². The van der Waals surface area contributed by atoms with Gasteiger partial charge in [0.2, 0.25) is 0 Å². The Labute approximate surface area is 199 Å². The van der Waals surface area contributed by atoms with E-state index < -0.39 is 0 Å².